The minimum atomic E-state index is -1.36. The molecule has 2 saturated carbocycles. The van der Waals surface area contributed by atoms with E-state index in [1.165, 1.54) is 24.3 Å². The van der Waals surface area contributed by atoms with Gasteiger partial charge in [-0.3, -0.25) is 9.97 Å². The molecular weight excluding hydrogens is 835 g/mol. The summed E-state index contributed by atoms with van der Waals surface area (Å²) < 4.78 is 27.1. The Balaban J connectivity index is 0.000000206. The Labute approximate surface area is 393 Å². The fraction of sp³-hybridized carbons (Fsp3) is 0.280. The van der Waals surface area contributed by atoms with Crippen LogP contribution in [0.5, 0.6) is 0 Å². The van der Waals surface area contributed by atoms with Crippen LogP contribution in [0, 0.1) is 11.6 Å². The zero-order valence-corrected chi connectivity index (χ0v) is 36.7. The first-order valence-corrected chi connectivity index (χ1v) is 20.7. The molecule has 0 radical (unpaired) electrons. The summed E-state index contributed by atoms with van der Waals surface area (Å²) in [5, 5.41) is 63.3. The standard InChI is InChI=1S/2C25H24FNO4.Ca/c2*26-17-9-7-15(8-10-17)24-20-3-1-2-4-22(20)27-25(16-5-6-16)21(24)12-11-18(28)13-19(29)14-23(30)31;/h2*1-4,7-12,16,18-19,28-29H,5-6,13-14H2,(H,30,31);/q;;+2/p-2/b12-11+;12-11-;/t2*18-,19+;/m00./s1. The second-order valence-corrected chi connectivity index (χ2v) is 16.0. The van der Waals surface area contributed by atoms with Gasteiger partial charge in [0.15, 0.2) is 0 Å². The van der Waals surface area contributed by atoms with Gasteiger partial charge in [0.1, 0.15) is 11.6 Å². The van der Waals surface area contributed by atoms with Gasteiger partial charge in [0.25, 0.3) is 0 Å². The van der Waals surface area contributed by atoms with Gasteiger partial charge in [-0.2, -0.15) is 0 Å². The van der Waals surface area contributed by atoms with E-state index in [-0.39, 0.29) is 62.2 Å². The van der Waals surface area contributed by atoms with Crippen molar-refractivity contribution >= 4 is 83.6 Å². The molecule has 2 fully saturated rings. The maximum atomic E-state index is 13.6. The normalized spacial score (nSPS) is 15.7. The molecule has 0 spiro atoms. The van der Waals surface area contributed by atoms with Crippen molar-refractivity contribution in [2.75, 3.05) is 0 Å². The summed E-state index contributed by atoms with van der Waals surface area (Å²) in [6, 6.07) is 28.1. The summed E-state index contributed by atoms with van der Waals surface area (Å²) in [5.41, 5.74) is 8.76. The van der Waals surface area contributed by atoms with Crippen LogP contribution in [0.2, 0.25) is 0 Å². The van der Waals surface area contributed by atoms with Gasteiger partial charge in [0.05, 0.1) is 46.8 Å². The molecule has 0 bridgehead atoms. The minimum Gasteiger partial charge on any atom is -0.550 e. The number of hydrogen-bond donors (Lipinski definition) is 4. The molecule has 4 aromatic carbocycles. The molecule has 0 amide bonds. The summed E-state index contributed by atoms with van der Waals surface area (Å²) in [4.78, 5) is 31.0. The predicted octanol–water partition coefficient (Wildman–Crippen LogP) is 5.99. The number of aliphatic carboxylic acids is 2. The molecule has 10 nitrogen and oxygen atoms in total. The van der Waals surface area contributed by atoms with Crippen molar-refractivity contribution in [1.29, 1.82) is 0 Å². The molecule has 8 rings (SSSR count). The van der Waals surface area contributed by atoms with E-state index >= 15 is 0 Å². The van der Waals surface area contributed by atoms with E-state index in [9.17, 15) is 49.0 Å². The third kappa shape index (κ3) is 12.6. The summed E-state index contributed by atoms with van der Waals surface area (Å²) in [6.07, 6.45) is 5.02. The van der Waals surface area contributed by atoms with Gasteiger partial charge in [-0.05, 0) is 73.2 Å². The number of carboxylic acids is 2. The molecule has 63 heavy (non-hydrogen) atoms. The molecule has 0 saturated heterocycles. The maximum absolute atomic E-state index is 13.6. The number of carbonyl (C=O) groups is 2. The number of aliphatic hydroxyl groups is 4. The summed E-state index contributed by atoms with van der Waals surface area (Å²) in [5.74, 6) is -2.72. The molecule has 13 heteroatoms. The van der Waals surface area contributed by atoms with Crippen molar-refractivity contribution < 1.29 is 49.0 Å². The molecule has 4 N–H and O–H groups in total. The van der Waals surface area contributed by atoms with Crippen LogP contribution in [0.3, 0.4) is 0 Å². The minimum absolute atomic E-state index is 0. The fourth-order valence-corrected chi connectivity index (χ4v) is 7.70. The number of benzene rings is 4. The Hall–Kier alpha value is -4.92. The largest absolute Gasteiger partial charge is 2.00 e. The Morgan fingerprint density at radius 2 is 0.937 bits per heavy atom. The van der Waals surface area contributed by atoms with Crippen LogP contribution in [0.4, 0.5) is 8.78 Å². The van der Waals surface area contributed by atoms with Crippen LogP contribution in [0.1, 0.15) is 85.7 Å². The zero-order chi connectivity index (χ0) is 43.9. The van der Waals surface area contributed by atoms with Crippen molar-refractivity contribution in [3.05, 3.63) is 143 Å². The number of aromatic nitrogens is 2. The molecule has 2 aromatic heterocycles. The van der Waals surface area contributed by atoms with Crippen molar-refractivity contribution in [3.8, 4) is 22.3 Å². The Morgan fingerprint density at radius 1 is 0.587 bits per heavy atom. The fourth-order valence-electron chi connectivity index (χ4n) is 7.70. The van der Waals surface area contributed by atoms with Gasteiger partial charge in [-0.1, -0.05) is 85.0 Å². The van der Waals surface area contributed by atoms with E-state index < -0.39 is 49.2 Å². The van der Waals surface area contributed by atoms with Crippen LogP contribution < -0.4 is 10.2 Å². The number of rotatable bonds is 16. The Bertz CT molecular complexity index is 2430. The van der Waals surface area contributed by atoms with Crippen molar-refractivity contribution in [1.82, 2.24) is 9.97 Å². The molecule has 6 aromatic rings. The topological polar surface area (TPSA) is 187 Å². The number of hydrogen-bond acceptors (Lipinski definition) is 10. The van der Waals surface area contributed by atoms with Gasteiger partial charge in [-0.25, -0.2) is 8.78 Å². The number of carbonyl (C=O) groups excluding carboxylic acids is 2. The predicted molar refractivity (Wildman–Crippen MR) is 235 cm³/mol. The third-order valence-corrected chi connectivity index (χ3v) is 10.9. The first-order chi connectivity index (χ1) is 29.8. The molecular formula is C50H46CaF2N2O8. The van der Waals surface area contributed by atoms with Gasteiger partial charge >= 0.3 is 37.7 Å². The van der Waals surface area contributed by atoms with Crippen LogP contribution in [0.25, 0.3) is 56.2 Å². The summed E-state index contributed by atoms with van der Waals surface area (Å²) >= 11 is 0. The van der Waals surface area contributed by atoms with Crippen LogP contribution in [-0.2, 0) is 9.59 Å². The Kier molecular flexibility index (Phi) is 16.3. The van der Waals surface area contributed by atoms with Crippen LogP contribution in [0.15, 0.2) is 109 Å². The molecule has 2 aliphatic rings. The maximum Gasteiger partial charge on any atom is 2.00 e. The van der Waals surface area contributed by atoms with E-state index in [1.807, 2.05) is 48.5 Å². The van der Waals surface area contributed by atoms with E-state index in [0.717, 1.165) is 92.3 Å². The first-order valence-electron chi connectivity index (χ1n) is 20.7. The van der Waals surface area contributed by atoms with E-state index in [4.69, 9.17) is 9.97 Å². The second-order valence-electron chi connectivity index (χ2n) is 16.0. The molecule has 320 valence electrons. The second kappa shape index (κ2) is 21.6. The SMILES string of the molecule is O=C([O-])C[C@H](O)C[C@@H](O)/C=C/c1c(C2CC2)nc2ccccc2c1-c1ccc(F)cc1.O=C([O-])C[C@H](O)C[C@@H](O)/C=C\c1c(C2CC2)nc2ccccc2c1-c1ccc(F)cc1.[Ca+2]. The smallest absolute Gasteiger partial charge is 0.550 e. The number of para-hydroxylation sites is 2. The molecule has 0 unspecified atom stereocenters. The zero-order valence-electron chi connectivity index (χ0n) is 34.4. The third-order valence-electron chi connectivity index (χ3n) is 10.9. The number of carboxylic acid groups (broad SMARTS) is 2. The van der Waals surface area contributed by atoms with Gasteiger partial charge in [0.2, 0.25) is 0 Å². The average molecular weight is 881 g/mol. The van der Waals surface area contributed by atoms with E-state index in [1.54, 1.807) is 48.6 Å². The van der Waals surface area contributed by atoms with Gasteiger partial charge < -0.3 is 40.2 Å². The Morgan fingerprint density at radius 3 is 1.27 bits per heavy atom. The van der Waals surface area contributed by atoms with Crippen molar-refractivity contribution in [2.45, 2.75) is 87.6 Å². The number of halogens is 2. The van der Waals surface area contributed by atoms with Crippen LogP contribution in [-0.4, -0.2) is 104 Å². The number of fused-ring (bicyclic) bond motifs is 2. The summed E-state index contributed by atoms with van der Waals surface area (Å²) in [6.45, 7) is 0. The van der Waals surface area contributed by atoms with E-state index in [0.29, 0.717) is 11.8 Å². The number of pyridine rings is 2. The number of aliphatic hydroxyl groups excluding tert-OH is 4. The van der Waals surface area contributed by atoms with Crippen LogP contribution >= 0.6 is 0 Å². The number of nitrogens with zero attached hydrogens (tertiary/aromatic N) is 2. The first kappa shape index (κ1) is 47.6. The average Bonchev–Trinajstić information content (AvgIpc) is 4.17. The monoisotopic (exact) mass is 880 g/mol. The molecule has 0 aliphatic heterocycles. The quantitative estimate of drug-likeness (QED) is 0.0843. The van der Waals surface area contributed by atoms with Crippen molar-refractivity contribution in [2.24, 2.45) is 0 Å². The van der Waals surface area contributed by atoms with Gasteiger partial charge in [-0.15, -0.1) is 0 Å². The molecule has 2 aliphatic carbocycles. The van der Waals surface area contributed by atoms with Crippen molar-refractivity contribution in [3.63, 3.8) is 0 Å². The van der Waals surface area contributed by atoms with E-state index in [2.05, 4.69) is 0 Å². The van der Waals surface area contributed by atoms with Gasteiger partial charge in [0, 0.05) is 82.5 Å². The molecule has 4 atom stereocenters. The summed E-state index contributed by atoms with van der Waals surface area (Å²) in [7, 11) is 0. The molecule has 2 heterocycles.